The quantitative estimate of drug-likeness (QED) is 0.0122. The molecule has 0 aliphatic carbocycles. The molecule has 9 rings (SSSR count). The Morgan fingerprint density at radius 1 is 0.415 bits per heavy atom. The minimum absolute atomic E-state index is 0.0311. The number of benzene rings is 2. The van der Waals surface area contributed by atoms with E-state index < -0.39 is 122 Å². The van der Waals surface area contributed by atoms with Crippen molar-refractivity contribution in [2.24, 2.45) is 10.2 Å². The molecule has 0 spiro atoms. The molecule has 2 amide bonds. The minimum Gasteiger partial charge on any atom is -0.491 e. The molecule has 562 valence electrons. The van der Waals surface area contributed by atoms with Crippen LogP contribution in [0.2, 0.25) is 0 Å². The van der Waals surface area contributed by atoms with Crippen molar-refractivity contribution in [2.45, 2.75) is 156 Å². The number of ether oxygens (including phenoxy) is 14. The van der Waals surface area contributed by atoms with E-state index in [9.17, 15) is 47.9 Å². The number of aromatic nitrogens is 4. The van der Waals surface area contributed by atoms with Crippen molar-refractivity contribution in [2.75, 3.05) is 39.6 Å². The van der Waals surface area contributed by atoms with Gasteiger partial charge >= 0.3 is 47.8 Å². The molecule has 3 aromatic heterocycles. The number of hydrazone groups is 2. The molecule has 0 saturated carbocycles. The molecule has 8 bridgehead atoms. The van der Waals surface area contributed by atoms with Crippen molar-refractivity contribution >= 4 is 117 Å². The van der Waals surface area contributed by atoms with Crippen LogP contribution >= 0.6 is 0 Å². The van der Waals surface area contributed by atoms with Gasteiger partial charge in [0.1, 0.15) is 50.1 Å². The lowest BCUT2D eigenvalue weighted by Crippen LogP contribution is -2.63. The number of nitrogens with one attached hydrogen (secondary N) is 4. The van der Waals surface area contributed by atoms with Gasteiger partial charge < -0.3 is 76.3 Å². The standard InChI is InChI=1S/C74H82N8O24/c1-39(49-11-19-55(20-12-49)93-31-33-95-73-71(103-47(9)89)69(101-45(7)87)67(99-43(5)85)63(105-73)37-97-41(3)83)79-81-65(91)29-23-57-59-25-15-51(75-59)35-53-17-27-61(77-53)58(62-28-18-54(78-62)36-52-16-26-60(57)76-52)24-30-66(92)82-80-40(2)50-13-21-56(22-14-50)94-32-34-96-74-72(104-48(10)90)70(102-46(8)88)68(100-44(6)86)64(106-74)38-98-42(4)84/h11-22,25-28,35-36,63-64,67-75,78H,23-24,29-34,37-38H2,1-10H3,(H,81,91)(H,82,92)/b51-35?,52-36?,53-35?,54-36?,59-57?,60-57?,61-58?,62-58?,79-39+,80-40+/t63-,64-,67+,68+,69+,70+,71-,72-,73-,74-/m1/s1. The Bertz CT molecular complexity index is 4100. The van der Waals surface area contributed by atoms with E-state index >= 15 is 0 Å². The number of rotatable bonds is 30. The van der Waals surface area contributed by atoms with E-state index in [-0.39, 0.29) is 51.1 Å². The SMILES string of the molecule is CC(=O)OC[C@H]1O[C@@H](OCCOc2ccc(/C(C)=N/NC(=O)CCc3c4nc(cc5ccc([nH]5)c(CCC(=O)N/N=C(\C)c5ccc(OCCO[C@@H]6O[C@H](COC(C)=O)[C@H](OC(C)=O)[C@H](OC(C)=O)[C@H]6OC(C)=O)cc5)c5nc(cc6ccc3[nH]6)C=C5)C=C4)cc2)[C@H](OC(C)=O)[C@@H](OC(C)=O)[C@H]1OC(C)=O. The number of fused-ring (bicyclic) bond motifs is 8. The average Bonchev–Trinajstić information content (AvgIpc) is 1.07. The number of aromatic amines is 2. The van der Waals surface area contributed by atoms with Gasteiger partial charge in [0.05, 0.1) is 47.4 Å². The van der Waals surface area contributed by atoms with Crippen LogP contribution in [-0.2, 0) is 118 Å². The van der Waals surface area contributed by atoms with Crippen molar-refractivity contribution in [1.29, 1.82) is 0 Å². The number of carbonyl (C=O) groups excluding carboxylic acids is 10. The largest absolute Gasteiger partial charge is 0.491 e. The second kappa shape index (κ2) is 37.3. The molecule has 0 radical (unpaired) electrons. The number of esters is 8. The predicted octanol–water partition coefficient (Wildman–Crippen LogP) is 6.56. The number of H-pyrrole nitrogens is 2. The van der Waals surface area contributed by atoms with E-state index in [1.807, 2.05) is 60.7 Å². The maximum Gasteiger partial charge on any atom is 0.303 e. The summed E-state index contributed by atoms with van der Waals surface area (Å²) < 4.78 is 78.6. The first-order valence-corrected chi connectivity index (χ1v) is 33.8. The zero-order valence-electron chi connectivity index (χ0n) is 59.8. The number of aryl methyl sites for hydroxylation is 2. The Labute approximate surface area is 607 Å². The first kappa shape index (κ1) is 78.7. The zero-order chi connectivity index (χ0) is 76.1. The van der Waals surface area contributed by atoms with Crippen LogP contribution in [0.25, 0.3) is 46.4 Å². The second-order valence-electron chi connectivity index (χ2n) is 24.5. The van der Waals surface area contributed by atoms with Gasteiger partial charge in [0.2, 0.25) is 11.8 Å². The Balaban J connectivity index is 0.783. The third-order valence-corrected chi connectivity index (χ3v) is 16.2. The summed E-state index contributed by atoms with van der Waals surface area (Å²) in [6, 6.07) is 25.3. The lowest BCUT2D eigenvalue weighted by atomic mass is 9.98. The highest BCUT2D eigenvalue weighted by atomic mass is 16.8. The molecule has 106 heavy (non-hydrogen) atoms. The second-order valence-corrected chi connectivity index (χ2v) is 24.5. The fraction of sp³-hybridized carbons (Fsp3) is 0.405. The highest BCUT2D eigenvalue weighted by Gasteiger charge is 2.54. The van der Waals surface area contributed by atoms with Crippen LogP contribution in [0.1, 0.15) is 127 Å². The maximum absolute atomic E-state index is 13.5. The Morgan fingerprint density at radius 2 is 0.764 bits per heavy atom. The van der Waals surface area contributed by atoms with Crippen molar-refractivity contribution in [3.63, 3.8) is 0 Å². The van der Waals surface area contributed by atoms with Gasteiger partial charge in [0, 0.05) is 101 Å². The molecule has 0 unspecified atom stereocenters. The lowest BCUT2D eigenvalue weighted by molar-refractivity contribution is -0.308. The maximum atomic E-state index is 13.5. The number of amides is 2. The Morgan fingerprint density at radius 3 is 1.11 bits per heavy atom. The van der Waals surface area contributed by atoms with Gasteiger partial charge in [-0.05, 0) is 147 Å². The van der Waals surface area contributed by atoms with Gasteiger partial charge in [-0.2, -0.15) is 10.2 Å². The third-order valence-electron chi connectivity index (χ3n) is 16.2. The number of nitrogens with zero attached hydrogens (tertiary/aromatic N) is 4. The molecule has 2 aromatic carbocycles. The highest BCUT2D eigenvalue weighted by molar-refractivity contribution is 6.00. The third kappa shape index (κ3) is 22.8. The predicted molar refractivity (Wildman–Crippen MR) is 376 cm³/mol. The summed E-state index contributed by atoms with van der Waals surface area (Å²) in [5.41, 5.74) is 15.0. The zero-order valence-corrected chi connectivity index (χ0v) is 59.8. The summed E-state index contributed by atoms with van der Waals surface area (Å²) in [4.78, 5) is 140. The van der Waals surface area contributed by atoms with Gasteiger partial charge in [-0.3, -0.25) is 47.9 Å². The summed E-state index contributed by atoms with van der Waals surface area (Å²) in [5.74, 6) is -5.69. The normalized spacial score (nSPS) is 20.4. The van der Waals surface area contributed by atoms with E-state index in [0.717, 1.165) is 74.7 Å². The molecule has 32 nitrogen and oxygen atoms in total. The first-order valence-electron chi connectivity index (χ1n) is 33.8. The van der Waals surface area contributed by atoms with E-state index in [4.69, 9.17) is 76.3 Å². The van der Waals surface area contributed by atoms with E-state index in [2.05, 4.69) is 31.0 Å². The fourth-order valence-corrected chi connectivity index (χ4v) is 11.6. The van der Waals surface area contributed by atoms with Gasteiger partial charge in [0.15, 0.2) is 49.2 Å². The van der Waals surface area contributed by atoms with E-state index in [1.54, 1.807) is 62.4 Å². The number of carbonyl (C=O) groups is 10. The minimum atomic E-state index is -1.39. The molecule has 4 aliphatic rings. The van der Waals surface area contributed by atoms with Crippen molar-refractivity contribution in [3.8, 4) is 11.5 Å². The lowest BCUT2D eigenvalue weighted by Gasteiger charge is -2.44. The monoisotopic (exact) mass is 1470 g/mol. The highest BCUT2D eigenvalue weighted by Crippen LogP contribution is 2.33. The average molecular weight is 1470 g/mol. The Hall–Kier alpha value is -11.5. The topological polar surface area (TPSA) is 406 Å². The van der Waals surface area contributed by atoms with Crippen molar-refractivity contribution in [3.05, 3.63) is 130 Å². The summed E-state index contributed by atoms with van der Waals surface area (Å²) in [6.45, 7) is 11.5. The van der Waals surface area contributed by atoms with Crippen molar-refractivity contribution < 1.29 is 114 Å². The van der Waals surface area contributed by atoms with Gasteiger partial charge in [-0.1, -0.05) is 0 Å². The molecule has 2 fully saturated rings. The first-order chi connectivity index (χ1) is 50.7. The van der Waals surface area contributed by atoms with E-state index in [0.29, 0.717) is 69.7 Å². The molecule has 7 heterocycles. The summed E-state index contributed by atoms with van der Waals surface area (Å²) in [6.07, 6.45) is -5.01. The molecule has 5 aromatic rings. The van der Waals surface area contributed by atoms with Crippen molar-refractivity contribution in [1.82, 2.24) is 30.8 Å². The molecular weight excluding hydrogens is 1380 g/mol. The van der Waals surface area contributed by atoms with Gasteiger partial charge in [-0.15, -0.1) is 0 Å². The van der Waals surface area contributed by atoms with Crippen LogP contribution in [0.4, 0.5) is 0 Å². The van der Waals surface area contributed by atoms with Crippen LogP contribution in [0.5, 0.6) is 11.5 Å². The molecule has 4 N–H and O–H groups in total. The molecule has 10 atom stereocenters. The molecule has 4 aliphatic heterocycles. The van der Waals surface area contributed by atoms with Gasteiger partial charge in [-0.25, -0.2) is 20.8 Å². The van der Waals surface area contributed by atoms with E-state index in [1.165, 1.54) is 13.8 Å². The molecule has 32 heteroatoms. The summed E-state index contributed by atoms with van der Waals surface area (Å²) in [5, 5.41) is 8.75. The van der Waals surface area contributed by atoms with Crippen LogP contribution in [0, 0.1) is 0 Å². The number of hydrogen-bond donors (Lipinski definition) is 4. The molecular formula is C74H82N8O24. The Kier molecular flexibility index (Phi) is 27.7. The summed E-state index contributed by atoms with van der Waals surface area (Å²) >= 11 is 0. The van der Waals surface area contributed by atoms with Crippen LogP contribution < -0.4 is 20.3 Å². The summed E-state index contributed by atoms with van der Waals surface area (Å²) in [7, 11) is 0. The fourth-order valence-electron chi connectivity index (χ4n) is 11.6. The van der Waals surface area contributed by atoms with Crippen LogP contribution in [-0.4, -0.2) is 192 Å². The smallest absolute Gasteiger partial charge is 0.303 e. The van der Waals surface area contributed by atoms with Crippen LogP contribution in [0.15, 0.2) is 95.1 Å². The van der Waals surface area contributed by atoms with Gasteiger partial charge in [0.25, 0.3) is 0 Å². The molecule has 2 saturated heterocycles. The van der Waals surface area contributed by atoms with Crippen LogP contribution in [0.3, 0.4) is 0 Å². The number of hydrogen-bond acceptors (Lipinski definition) is 28.